The predicted molar refractivity (Wildman–Crippen MR) is 204 cm³/mol. The molecule has 4 aromatic carbocycles. The van der Waals surface area contributed by atoms with Gasteiger partial charge in [0.2, 0.25) is 0 Å². The van der Waals surface area contributed by atoms with Gasteiger partial charge in [0.05, 0.1) is 39.6 Å². The molecule has 11 heteroatoms. The van der Waals surface area contributed by atoms with Crippen LogP contribution in [-0.4, -0.2) is 53.2 Å². The van der Waals surface area contributed by atoms with Crippen molar-refractivity contribution in [3.8, 4) is 0 Å². The number of fused-ring (bicyclic) bond motifs is 3. The normalized spacial score (nSPS) is 13.5. The number of ether oxygens (including phenoxy) is 2. The fourth-order valence-electron chi connectivity index (χ4n) is 6.38. The van der Waals surface area contributed by atoms with E-state index >= 15 is 0 Å². The van der Waals surface area contributed by atoms with E-state index in [1.54, 1.807) is 29.2 Å². The van der Waals surface area contributed by atoms with Crippen LogP contribution in [0.5, 0.6) is 0 Å². The van der Waals surface area contributed by atoms with E-state index < -0.39 is 23.4 Å². The van der Waals surface area contributed by atoms with E-state index in [-0.39, 0.29) is 24.9 Å². The SMILES string of the molecule is Cc1cc2c(cc1NC(=O)OC(C)(C)C)N(c1ccccc1)c1cc(N(CCCN3C(=O)c4ccccc4C3=O)C(=O)OC(C)(C)C)c(C)cc1N2. The molecule has 2 aliphatic heterocycles. The summed E-state index contributed by atoms with van der Waals surface area (Å²) in [6, 6.07) is 24.4. The number of amides is 4. The van der Waals surface area contributed by atoms with Crippen LogP contribution in [0.2, 0.25) is 0 Å². The van der Waals surface area contributed by atoms with Crippen LogP contribution in [0.3, 0.4) is 0 Å². The first-order valence-electron chi connectivity index (χ1n) is 17.4. The van der Waals surface area contributed by atoms with Gasteiger partial charge in [0.1, 0.15) is 11.2 Å². The van der Waals surface area contributed by atoms with Gasteiger partial charge >= 0.3 is 12.2 Å². The van der Waals surface area contributed by atoms with Crippen molar-refractivity contribution in [3.05, 3.63) is 101 Å². The van der Waals surface area contributed by atoms with E-state index in [9.17, 15) is 19.2 Å². The number of carbonyl (C=O) groups excluding carboxylic acids is 4. The largest absolute Gasteiger partial charge is 0.444 e. The molecule has 0 aliphatic carbocycles. The minimum Gasteiger partial charge on any atom is -0.444 e. The second kappa shape index (κ2) is 13.7. The van der Waals surface area contributed by atoms with Crippen LogP contribution in [0.1, 0.15) is 79.8 Å². The quantitative estimate of drug-likeness (QED) is 0.161. The van der Waals surface area contributed by atoms with Crippen molar-refractivity contribution < 1.29 is 28.7 Å². The van der Waals surface area contributed by atoms with E-state index in [0.29, 0.717) is 28.9 Å². The maximum atomic E-state index is 13.9. The fraction of sp³-hybridized carbons (Fsp3) is 0.317. The summed E-state index contributed by atoms with van der Waals surface area (Å²) in [5.41, 5.74) is 6.25. The lowest BCUT2D eigenvalue weighted by atomic mass is 10.0. The summed E-state index contributed by atoms with van der Waals surface area (Å²) in [6.07, 6.45) is -0.783. The Morgan fingerprint density at radius 1 is 0.750 bits per heavy atom. The Hall–Kier alpha value is -5.84. The van der Waals surface area contributed by atoms with Crippen LogP contribution in [0.25, 0.3) is 0 Å². The Morgan fingerprint density at radius 2 is 1.31 bits per heavy atom. The third-order valence-corrected chi connectivity index (χ3v) is 8.60. The zero-order chi connectivity index (χ0) is 37.5. The average Bonchev–Trinajstić information content (AvgIpc) is 3.29. The van der Waals surface area contributed by atoms with Gasteiger partial charge < -0.3 is 19.7 Å². The molecule has 0 atom stereocenters. The highest BCUT2D eigenvalue weighted by atomic mass is 16.6. The van der Waals surface area contributed by atoms with Crippen LogP contribution >= 0.6 is 0 Å². The smallest absolute Gasteiger partial charge is 0.414 e. The topological polar surface area (TPSA) is 121 Å². The third-order valence-electron chi connectivity index (χ3n) is 8.60. The lowest BCUT2D eigenvalue weighted by Crippen LogP contribution is -2.40. The lowest BCUT2D eigenvalue weighted by molar-refractivity contribution is 0.0576. The summed E-state index contributed by atoms with van der Waals surface area (Å²) in [6.45, 7) is 15.0. The fourth-order valence-corrected chi connectivity index (χ4v) is 6.38. The zero-order valence-corrected chi connectivity index (χ0v) is 30.9. The molecule has 11 nitrogen and oxygen atoms in total. The van der Waals surface area contributed by atoms with Gasteiger partial charge in [-0.15, -0.1) is 0 Å². The van der Waals surface area contributed by atoms with Crippen LogP contribution in [-0.2, 0) is 9.47 Å². The number of hydrogen-bond acceptors (Lipinski definition) is 8. The maximum absolute atomic E-state index is 13.9. The van der Waals surface area contributed by atoms with Crippen molar-refractivity contribution in [1.82, 2.24) is 4.90 Å². The van der Waals surface area contributed by atoms with Gasteiger partial charge in [-0.25, -0.2) is 9.59 Å². The number of nitrogens with zero attached hydrogens (tertiary/aromatic N) is 3. The molecule has 0 radical (unpaired) electrons. The molecule has 52 heavy (non-hydrogen) atoms. The molecule has 2 aliphatic rings. The van der Waals surface area contributed by atoms with Crippen molar-refractivity contribution in [1.29, 1.82) is 0 Å². The van der Waals surface area contributed by atoms with Gasteiger partial charge in [-0.1, -0.05) is 30.3 Å². The Morgan fingerprint density at radius 3 is 1.90 bits per heavy atom. The molecule has 6 rings (SSSR count). The number of para-hydroxylation sites is 1. The Labute approximate surface area is 304 Å². The monoisotopic (exact) mass is 703 g/mol. The minimum atomic E-state index is -0.772. The highest BCUT2D eigenvalue weighted by molar-refractivity contribution is 6.21. The molecular weight excluding hydrogens is 658 g/mol. The first kappa shape index (κ1) is 36.0. The molecule has 0 saturated heterocycles. The molecule has 0 unspecified atom stereocenters. The molecule has 270 valence electrons. The van der Waals surface area contributed by atoms with Crippen LogP contribution < -0.4 is 20.4 Å². The average molecular weight is 704 g/mol. The van der Waals surface area contributed by atoms with Crippen molar-refractivity contribution in [2.24, 2.45) is 0 Å². The molecule has 4 amide bonds. The number of nitrogens with one attached hydrogen (secondary N) is 2. The molecule has 4 aromatic rings. The second-order valence-electron chi connectivity index (χ2n) is 15.1. The van der Waals surface area contributed by atoms with Gasteiger partial charge in [-0.2, -0.15) is 0 Å². The summed E-state index contributed by atoms with van der Waals surface area (Å²) in [4.78, 5) is 57.8. The Balaban J connectivity index is 1.37. The molecule has 0 saturated carbocycles. The second-order valence-corrected chi connectivity index (χ2v) is 15.1. The molecule has 0 fully saturated rings. The number of hydrogen-bond donors (Lipinski definition) is 2. The first-order chi connectivity index (χ1) is 24.5. The molecule has 0 aromatic heterocycles. The summed E-state index contributed by atoms with van der Waals surface area (Å²) in [5, 5.41) is 6.48. The van der Waals surface area contributed by atoms with E-state index in [2.05, 4.69) is 15.5 Å². The van der Waals surface area contributed by atoms with Crippen molar-refractivity contribution in [2.75, 3.05) is 33.5 Å². The molecule has 0 spiro atoms. The van der Waals surface area contributed by atoms with E-state index in [1.807, 2.05) is 110 Å². The van der Waals surface area contributed by atoms with Crippen LogP contribution in [0.15, 0.2) is 78.9 Å². The van der Waals surface area contributed by atoms with Crippen LogP contribution in [0.4, 0.5) is 49.4 Å². The highest BCUT2D eigenvalue weighted by Crippen LogP contribution is 2.51. The van der Waals surface area contributed by atoms with E-state index in [0.717, 1.165) is 39.6 Å². The van der Waals surface area contributed by atoms with E-state index in [4.69, 9.17) is 9.47 Å². The summed E-state index contributed by atoms with van der Waals surface area (Å²) < 4.78 is 11.4. The van der Waals surface area contributed by atoms with Crippen LogP contribution in [0, 0.1) is 13.8 Å². The van der Waals surface area contributed by atoms with Gasteiger partial charge in [-0.3, -0.25) is 24.7 Å². The molecule has 0 bridgehead atoms. The predicted octanol–water partition coefficient (Wildman–Crippen LogP) is 9.61. The zero-order valence-electron chi connectivity index (χ0n) is 30.9. The van der Waals surface area contributed by atoms with Gasteiger partial charge in [-0.05, 0) is 121 Å². The summed E-state index contributed by atoms with van der Waals surface area (Å²) in [5.74, 6) is -0.679. The highest BCUT2D eigenvalue weighted by Gasteiger charge is 2.36. The number of benzene rings is 4. The molecule has 2 N–H and O–H groups in total. The number of rotatable bonds is 7. The van der Waals surface area contributed by atoms with Crippen molar-refractivity contribution >= 4 is 63.8 Å². The van der Waals surface area contributed by atoms with Gasteiger partial charge in [0.15, 0.2) is 0 Å². The third kappa shape index (κ3) is 7.44. The van der Waals surface area contributed by atoms with E-state index in [1.165, 1.54) is 4.90 Å². The number of imide groups is 1. The summed E-state index contributed by atoms with van der Waals surface area (Å²) in [7, 11) is 0. The number of carbonyl (C=O) groups is 4. The van der Waals surface area contributed by atoms with Gasteiger partial charge in [0.25, 0.3) is 11.8 Å². The van der Waals surface area contributed by atoms with Crippen molar-refractivity contribution in [3.63, 3.8) is 0 Å². The minimum absolute atomic E-state index is 0.132. The maximum Gasteiger partial charge on any atom is 0.414 e. The lowest BCUT2D eigenvalue weighted by Gasteiger charge is -2.36. The number of anilines is 7. The summed E-state index contributed by atoms with van der Waals surface area (Å²) >= 11 is 0. The Bertz CT molecular complexity index is 2030. The molecule has 2 heterocycles. The first-order valence-corrected chi connectivity index (χ1v) is 17.4. The number of aryl methyl sites for hydroxylation is 2. The Kier molecular flexibility index (Phi) is 9.48. The molecular formula is C41H45N5O6. The standard InChI is InChI=1S/C41H45N5O6/c1-25-21-31-34(23-30(25)43-38(49)51-40(3,4)5)46(27-15-10-9-11-16-27)35-24-33(26(2)22-32(35)42-31)44(39(50)52-41(6,7)8)19-14-20-45-36(47)28-17-12-13-18-29(28)37(45)48/h9-13,15-18,21-24,42H,14,19-20H2,1-8H3,(H,43,49). The van der Waals surface area contributed by atoms with Gasteiger partial charge in [0, 0.05) is 24.5 Å². The van der Waals surface area contributed by atoms with Crippen molar-refractivity contribution in [2.45, 2.75) is 73.0 Å².